The van der Waals surface area contributed by atoms with E-state index >= 15 is 0 Å². The quantitative estimate of drug-likeness (QED) is 0.625. The summed E-state index contributed by atoms with van der Waals surface area (Å²) < 4.78 is 0. The zero-order valence-corrected chi connectivity index (χ0v) is 16.5. The fourth-order valence-electron chi connectivity index (χ4n) is 3.26. The number of hydrogen-bond acceptors (Lipinski definition) is 4. The predicted molar refractivity (Wildman–Crippen MR) is 114 cm³/mol. The van der Waals surface area contributed by atoms with E-state index in [4.69, 9.17) is 0 Å². The van der Waals surface area contributed by atoms with E-state index in [2.05, 4.69) is 12.2 Å². The van der Waals surface area contributed by atoms with E-state index in [1.807, 2.05) is 66.9 Å². The monoisotopic (exact) mass is 388 g/mol. The predicted octanol–water partition coefficient (Wildman–Crippen LogP) is 5.02. The standard InChI is InChI=1S/C23H20N2O2S/c1-3-16-9-11-17(12-10-16)24-21-20(19-8-5-13-28-19)22(26)25(23(21)27)18-7-4-6-15(2)14-18/h4-14,24H,3H2,1-2H3. The van der Waals surface area contributed by atoms with Crippen molar-refractivity contribution in [3.05, 3.63) is 87.7 Å². The highest BCUT2D eigenvalue weighted by atomic mass is 32.1. The van der Waals surface area contributed by atoms with Crippen molar-refractivity contribution in [2.45, 2.75) is 20.3 Å². The van der Waals surface area contributed by atoms with Gasteiger partial charge in [-0.15, -0.1) is 11.3 Å². The maximum atomic E-state index is 13.3. The highest BCUT2D eigenvalue weighted by Crippen LogP contribution is 2.35. The lowest BCUT2D eigenvalue weighted by molar-refractivity contribution is -0.120. The molecule has 0 aliphatic carbocycles. The van der Waals surface area contributed by atoms with E-state index in [-0.39, 0.29) is 11.8 Å². The van der Waals surface area contributed by atoms with Crippen LogP contribution in [0, 0.1) is 6.92 Å². The van der Waals surface area contributed by atoms with Gasteiger partial charge in [-0.1, -0.05) is 37.3 Å². The number of imide groups is 1. The lowest BCUT2D eigenvalue weighted by Gasteiger charge is -2.16. The van der Waals surface area contributed by atoms with Crippen LogP contribution in [0.15, 0.2) is 71.7 Å². The summed E-state index contributed by atoms with van der Waals surface area (Å²) >= 11 is 1.45. The first-order valence-electron chi connectivity index (χ1n) is 9.18. The molecule has 0 bridgehead atoms. The zero-order chi connectivity index (χ0) is 19.7. The van der Waals surface area contributed by atoms with Crippen LogP contribution in [0.25, 0.3) is 5.57 Å². The Bertz CT molecular complexity index is 1070. The molecule has 1 aliphatic rings. The number of carbonyl (C=O) groups excluding carboxylic acids is 2. The highest BCUT2D eigenvalue weighted by Gasteiger charge is 2.40. The first-order valence-corrected chi connectivity index (χ1v) is 10.1. The smallest absolute Gasteiger partial charge is 0.282 e. The Morgan fingerprint density at radius 2 is 1.75 bits per heavy atom. The fraction of sp³-hybridized carbons (Fsp3) is 0.130. The van der Waals surface area contributed by atoms with Crippen molar-refractivity contribution in [1.82, 2.24) is 0 Å². The summed E-state index contributed by atoms with van der Waals surface area (Å²) in [5.41, 5.74) is 4.32. The Morgan fingerprint density at radius 3 is 2.39 bits per heavy atom. The number of nitrogens with one attached hydrogen (secondary N) is 1. The Morgan fingerprint density at radius 1 is 0.964 bits per heavy atom. The average Bonchev–Trinajstić information content (AvgIpc) is 3.29. The second-order valence-electron chi connectivity index (χ2n) is 6.69. The molecular formula is C23H20N2O2S. The Labute approximate surface area is 168 Å². The van der Waals surface area contributed by atoms with Gasteiger partial charge in [-0.2, -0.15) is 0 Å². The SMILES string of the molecule is CCc1ccc(NC2=C(c3cccs3)C(=O)N(c3cccc(C)c3)C2=O)cc1. The minimum Gasteiger partial charge on any atom is -0.350 e. The number of benzene rings is 2. The van der Waals surface area contributed by atoms with Crippen molar-refractivity contribution in [3.63, 3.8) is 0 Å². The number of thiophene rings is 1. The summed E-state index contributed by atoms with van der Waals surface area (Å²) in [4.78, 5) is 28.5. The van der Waals surface area contributed by atoms with Crippen LogP contribution in [0.2, 0.25) is 0 Å². The number of aryl methyl sites for hydroxylation is 2. The number of carbonyl (C=O) groups is 2. The van der Waals surface area contributed by atoms with E-state index in [0.717, 1.165) is 22.5 Å². The number of amides is 2. The van der Waals surface area contributed by atoms with E-state index in [0.29, 0.717) is 17.0 Å². The molecule has 0 saturated carbocycles. The molecule has 4 rings (SSSR count). The normalized spacial score (nSPS) is 14.1. The minimum atomic E-state index is -0.335. The molecule has 0 radical (unpaired) electrons. The van der Waals surface area contributed by atoms with Crippen molar-refractivity contribution in [1.29, 1.82) is 0 Å². The van der Waals surface area contributed by atoms with Gasteiger partial charge in [0.05, 0.1) is 11.3 Å². The molecule has 4 nitrogen and oxygen atoms in total. The van der Waals surface area contributed by atoms with Crippen LogP contribution in [-0.4, -0.2) is 11.8 Å². The van der Waals surface area contributed by atoms with Gasteiger partial charge in [0.15, 0.2) is 0 Å². The molecule has 0 unspecified atom stereocenters. The lowest BCUT2D eigenvalue weighted by atomic mass is 10.1. The van der Waals surface area contributed by atoms with Gasteiger partial charge in [0.2, 0.25) is 0 Å². The Hall–Kier alpha value is -3.18. The van der Waals surface area contributed by atoms with E-state index in [1.54, 1.807) is 6.07 Å². The third kappa shape index (κ3) is 3.25. The van der Waals surface area contributed by atoms with Gasteiger partial charge >= 0.3 is 0 Å². The van der Waals surface area contributed by atoms with E-state index in [9.17, 15) is 9.59 Å². The number of anilines is 2. The zero-order valence-electron chi connectivity index (χ0n) is 15.7. The van der Waals surface area contributed by atoms with Crippen LogP contribution in [0.5, 0.6) is 0 Å². The molecule has 2 heterocycles. The summed E-state index contributed by atoms with van der Waals surface area (Å²) in [5, 5.41) is 5.11. The van der Waals surface area contributed by atoms with E-state index in [1.165, 1.54) is 21.8 Å². The molecule has 0 atom stereocenters. The second kappa shape index (κ2) is 7.44. The van der Waals surface area contributed by atoms with Crippen LogP contribution in [0.3, 0.4) is 0 Å². The lowest BCUT2D eigenvalue weighted by Crippen LogP contribution is -2.32. The summed E-state index contributed by atoms with van der Waals surface area (Å²) in [7, 11) is 0. The van der Waals surface area contributed by atoms with Crippen LogP contribution < -0.4 is 10.2 Å². The molecule has 2 aromatic carbocycles. The number of hydrogen-bond donors (Lipinski definition) is 1. The molecule has 0 saturated heterocycles. The van der Waals surface area contributed by atoms with Crippen LogP contribution >= 0.6 is 11.3 Å². The van der Waals surface area contributed by atoms with Gasteiger partial charge < -0.3 is 5.32 Å². The van der Waals surface area contributed by atoms with Gasteiger partial charge in [0.1, 0.15) is 5.70 Å². The van der Waals surface area contributed by atoms with Crippen molar-refractivity contribution in [2.75, 3.05) is 10.2 Å². The summed E-state index contributed by atoms with van der Waals surface area (Å²) in [5.74, 6) is -0.635. The molecule has 0 spiro atoms. The van der Waals surface area contributed by atoms with Gasteiger partial charge in [-0.25, -0.2) is 4.90 Å². The maximum Gasteiger partial charge on any atom is 0.282 e. The van der Waals surface area contributed by atoms with Crippen molar-refractivity contribution >= 4 is 40.1 Å². The molecule has 5 heteroatoms. The molecule has 28 heavy (non-hydrogen) atoms. The molecule has 1 aromatic heterocycles. The third-order valence-corrected chi connectivity index (χ3v) is 5.63. The van der Waals surface area contributed by atoms with Gasteiger partial charge in [-0.3, -0.25) is 9.59 Å². The van der Waals surface area contributed by atoms with Gasteiger partial charge in [0.25, 0.3) is 11.8 Å². The highest BCUT2D eigenvalue weighted by molar-refractivity contribution is 7.11. The van der Waals surface area contributed by atoms with Crippen molar-refractivity contribution in [3.8, 4) is 0 Å². The second-order valence-corrected chi connectivity index (χ2v) is 7.64. The number of rotatable bonds is 5. The molecular weight excluding hydrogens is 368 g/mol. The van der Waals surface area contributed by atoms with Gasteiger partial charge in [-0.05, 0) is 60.2 Å². The third-order valence-electron chi connectivity index (χ3n) is 4.74. The number of nitrogens with zero attached hydrogens (tertiary/aromatic N) is 1. The molecule has 2 amide bonds. The average molecular weight is 388 g/mol. The molecule has 3 aromatic rings. The minimum absolute atomic E-state index is 0.300. The Kier molecular flexibility index (Phi) is 4.84. The van der Waals surface area contributed by atoms with Crippen molar-refractivity contribution in [2.24, 2.45) is 0 Å². The van der Waals surface area contributed by atoms with E-state index < -0.39 is 0 Å². The fourth-order valence-corrected chi connectivity index (χ4v) is 4.03. The van der Waals surface area contributed by atoms with Crippen LogP contribution in [-0.2, 0) is 16.0 Å². The molecule has 1 N–H and O–H groups in total. The van der Waals surface area contributed by atoms with Gasteiger partial charge in [0, 0.05) is 10.6 Å². The topological polar surface area (TPSA) is 49.4 Å². The van der Waals surface area contributed by atoms with Crippen LogP contribution in [0.1, 0.15) is 22.9 Å². The molecule has 0 fully saturated rings. The molecule has 140 valence electrons. The van der Waals surface area contributed by atoms with Crippen molar-refractivity contribution < 1.29 is 9.59 Å². The summed E-state index contributed by atoms with van der Waals surface area (Å²) in [6.07, 6.45) is 0.946. The Balaban J connectivity index is 1.77. The largest absolute Gasteiger partial charge is 0.350 e. The maximum absolute atomic E-state index is 13.3. The summed E-state index contributed by atoms with van der Waals surface area (Å²) in [6.45, 7) is 4.04. The van der Waals surface area contributed by atoms with Crippen LogP contribution in [0.4, 0.5) is 11.4 Å². The first-order chi connectivity index (χ1) is 13.6. The first kappa shape index (κ1) is 18.2. The summed E-state index contributed by atoms with van der Waals surface area (Å²) in [6, 6.07) is 19.1. The molecule has 1 aliphatic heterocycles.